The lowest BCUT2D eigenvalue weighted by Gasteiger charge is -2.15. The fraction of sp³-hybridized carbons (Fsp3) is 0.368. The first-order chi connectivity index (χ1) is 14.4. The number of nitrogens with zero attached hydrogens (tertiary/aromatic N) is 6. The molecular weight excluding hydrogens is 410 g/mol. The Kier molecular flexibility index (Phi) is 5.48. The van der Waals surface area contributed by atoms with Crippen molar-refractivity contribution in [3.05, 3.63) is 42.2 Å². The van der Waals surface area contributed by atoms with Gasteiger partial charge in [0.15, 0.2) is 11.5 Å². The Bertz CT molecular complexity index is 1130. The van der Waals surface area contributed by atoms with Gasteiger partial charge in [0.1, 0.15) is 10.7 Å². The molecule has 0 bridgehead atoms. The number of hydrogen-bond donors (Lipinski definition) is 2. The molecule has 0 spiro atoms. The molecule has 8 nitrogen and oxygen atoms in total. The molecule has 0 saturated carbocycles. The molecule has 0 saturated heterocycles. The molecule has 0 atom stereocenters. The molecule has 0 aliphatic heterocycles. The summed E-state index contributed by atoms with van der Waals surface area (Å²) >= 11 is 1.27. The quantitative estimate of drug-likeness (QED) is 0.432. The Hall–Kier alpha value is -2.92. The summed E-state index contributed by atoms with van der Waals surface area (Å²) in [6, 6.07) is 1.91. The van der Waals surface area contributed by atoms with E-state index in [9.17, 15) is 8.78 Å². The summed E-state index contributed by atoms with van der Waals surface area (Å²) in [5.41, 5.74) is 2.39. The van der Waals surface area contributed by atoms with E-state index in [-0.39, 0.29) is 11.5 Å². The molecule has 11 heteroatoms. The first-order valence-corrected chi connectivity index (χ1v) is 10.4. The third-order valence-corrected chi connectivity index (χ3v) is 5.56. The highest BCUT2D eigenvalue weighted by atomic mass is 32.1. The van der Waals surface area contributed by atoms with Gasteiger partial charge in [-0.05, 0) is 30.7 Å². The largest absolute Gasteiger partial charge is 0.328 e. The minimum atomic E-state index is -3.11. The van der Waals surface area contributed by atoms with Gasteiger partial charge in [0.25, 0.3) is 5.92 Å². The minimum Gasteiger partial charge on any atom is -0.328 e. The Labute approximate surface area is 176 Å². The molecule has 30 heavy (non-hydrogen) atoms. The van der Waals surface area contributed by atoms with E-state index in [0.717, 1.165) is 42.8 Å². The minimum absolute atomic E-state index is 0.252. The average molecular weight is 433 g/mol. The molecule has 0 aliphatic rings. The predicted molar refractivity (Wildman–Crippen MR) is 112 cm³/mol. The summed E-state index contributed by atoms with van der Waals surface area (Å²) in [5.74, 6) is -2.86. The van der Waals surface area contributed by atoms with Crippen LogP contribution in [0, 0.1) is 0 Å². The zero-order chi connectivity index (χ0) is 21.3. The van der Waals surface area contributed by atoms with Crippen LogP contribution in [0.3, 0.4) is 0 Å². The predicted octanol–water partition coefficient (Wildman–Crippen LogP) is 4.27. The van der Waals surface area contributed by atoms with Crippen LogP contribution in [0.5, 0.6) is 0 Å². The molecule has 2 N–H and O–H groups in total. The van der Waals surface area contributed by atoms with Crippen molar-refractivity contribution in [3.63, 3.8) is 0 Å². The highest BCUT2D eigenvalue weighted by molar-refractivity contribution is 7.10. The number of fused-ring (bicyclic) bond motifs is 1. The number of rotatable bonds is 8. The van der Waals surface area contributed by atoms with Crippen LogP contribution >= 0.6 is 11.5 Å². The second kappa shape index (κ2) is 8.07. The summed E-state index contributed by atoms with van der Waals surface area (Å²) < 4.78 is 34.4. The second-order valence-electron chi connectivity index (χ2n) is 6.96. The number of anilines is 2. The lowest BCUT2D eigenvalue weighted by Crippen LogP contribution is -2.22. The van der Waals surface area contributed by atoms with E-state index < -0.39 is 5.92 Å². The Morgan fingerprint density at radius 2 is 2.07 bits per heavy atom. The monoisotopic (exact) mass is 432 g/mol. The molecule has 0 amide bonds. The van der Waals surface area contributed by atoms with E-state index >= 15 is 0 Å². The topological polar surface area (TPSA) is 87.0 Å². The molecule has 0 aliphatic carbocycles. The van der Waals surface area contributed by atoms with E-state index in [0.29, 0.717) is 11.3 Å². The van der Waals surface area contributed by atoms with Crippen molar-refractivity contribution in [1.82, 2.24) is 33.8 Å². The summed E-state index contributed by atoms with van der Waals surface area (Å²) in [4.78, 5) is 10.8. The van der Waals surface area contributed by atoms with Crippen molar-refractivity contribution in [2.45, 2.75) is 33.2 Å². The molecule has 4 heterocycles. The smallest absolute Gasteiger partial charge is 0.288 e. The fourth-order valence-electron chi connectivity index (χ4n) is 3.13. The standard InChI is InChI=1S/C19H22F2N8S/c1-4-28(5-2)10-13-6-16(30-27-13)26-17-18-22-9-14(12-7-23-24-8-12)29(18)11-15(25-17)19(3,20)21/h6-9,11H,4-5,10H2,1-3H3,(H,23,24)(H,25,26). The molecule has 0 fully saturated rings. The first-order valence-electron chi connectivity index (χ1n) is 9.59. The normalized spacial score (nSPS) is 12.2. The first kappa shape index (κ1) is 20.4. The van der Waals surface area contributed by atoms with Crippen LogP contribution in [-0.4, -0.2) is 46.9 Å². The maximum Gasteiger partial charge on any atom is 0.288 e. The third-order valence-electron chi connectivity index (χ3n) is 4.82. The molecule has 0 aromatic carbocycles. The third kappa shape index (κ3) is 4.03. The molecule has 0 unspecified atom stereocenters. The average Bonchev–Trinajstić information content (AvgIpc) is 3.45. The van der Waals surface area contributed by atoms with E-state index in [1.165, 1.54) is 17.7 Å². The number of aromatic amines is 1. The van der Waals surface area contributed by atoms with Crippen LogP contribution in [-0.2, 0) is 12.5 Å². The van der Waals surface area contributed by atoms with Gasteiger partial charge in [0.05, 0.1) is 23.8 Å². The Balaban J connectivity index is 1.72. The number of nitrogens with one attached hydrogen (secondary N) is 2. The zero-order valence-corrected chi connectivity index (χ0v) is 17.7. The van der Waals surface area contributed by atoms with Gasteiger partial charge in [-0.2, -0.15) is 18.3 Å². The second-order valence-corrected chi connectivity index (χ2v) is 7.76. The van der Waals surface area contributed by atoms with Crippen LogP contribution in [0.15, 0.2) is 30.9 Å². The van der Waals surface area contributed by atoms with E-state index in [1.54, 1.807) is 23.0 Å². The molecular formula is C19H22F2N8S. The molecule has 4 aromatic rings. The molecule has 158 valence electrons. The summed E-state index contributed by atoms with van der Waals surface area (Å²) in [7, 11) is 0. The van der Waals surface area contributed by atoms with Crippen molar-refractivity contribution in [2.24, 2.45) is 0 Å². The zero-order valence-electron chi connectivity index (χ0n) is 16.9. The van der Waals surface area contributed by atoms with Crippen molar-refractivity contribution in [2.75, 3.05) is 18.4 Å². The van der Waals surface area contributed by atoms with Gasteiger partial charge in [-0.3, -0.25) is 14.4 Å². The lowest BCUT2D eigenvalue weighted by atomic mass is 10.2. The highest BCUT2D eigenvalue weighted by Gasteiger charge is 2.29. The van der Waals surface area contributed by atoms with Crippen LogP contribution in [0.1, 0.15) is 32.2 Å². The van der Waals surface area contributed by atoms with Gasteiger partial charge in [0.2, 0.25) is 0 Å². The number of imidazole rings is 1. The van der Waals surface area contributed by atoms with E-state index in [2.05, 4.69) is 48.6 Å². The summed E-state index contributed by atoms with van der Waals surface area (Å²) in [6.07, 6.45) is 6.23. The molecule has 0 radical (unpaired) electrons. The number of H-pyrrole nitrogens is 1. The summed E-state index contributed by atoms with van der Waals surface area (Å²) in [5, 5.41) is 10.5. The maximum atomic E-state index is 14.1. The molecule has 4 aromatic heterocycles. The van der Waals surface area contributed by atoms with Crippen molar-refractivity contribution < 1.29 is 8.78 Å². The number of aromatic nitrogens is 6. The number of hydrogen-bond acceptors (Lipinski definition) is 7. The van der Waals surface area contributed by atoms with Gasteiger partial charge in [0, 0.05) is 31.4 Å². The fourth-order valence-corrected chi connectivity index (χ4v) is 3.78. The van der Waals surface area contributed by atoms with Gasteiger partial charge in [-0.15, -0.1) is 0 Å². The van der Waals surface area contributed by atoms with Gasteiger partial charge < -0.3 is 5.32 Å². The SMILES string of the molecule is CCN(CC)Cc1cc(Nc2nc(C(C)(F)F)cn3c(-c4cn[nH]c4)cnc23)sn1. The van der Waals surface area contributed by atoms with Crippen LogP contribution in [0.25, 0.3) is 16.9 Å². The van der Waals surface area contributed by atoms with Gasteiger partial charge in [-0.25, -0.2) is 9.97 Å². The molecule has 4 rings (SSSR count). The van der Waals surface area contributed by atoms with Gasteiger partial charge in [-0.1, -0.05) is 13.8 Å². The maximum absolute atomic E-state index is 14.1. The summed E-state index contributed by atoms with van der Waals surface area (Å²) in [6.45, 7) is 7.61. The highest BCUT2D eigenvalue weighted by Crippen LogP contribution is 2.32. The van der Waals surface area contributed by atoms with Crippen LogP contribution in [0.2, 0.25) is 0 Å². The van der Waals surface area contributed by atoms with Crippen molar-refractivity contribution in [3.8, 4) is 11.3 Å². The number of alkyl halides is 2. The lowest BCUT2D eigenvalue weighted by molar-refractivity contribution is 0.0124. The van der Waals surface area contributed by atoms with Crippen LogP contribution in [0.4, 0.5) is 19.6 Å². The van der Waals surface area contributed by atoms with Crippen LogP contribution < -0.4 is 5.32 Å². The Morgan fingerprint density at radius 3 is 2.73 bits per heavy atom. The van der Waals surface area contributed by atoms with E-state index in [1.807, 2.05) is 6.07 Å². The van der Waals surface area contributed by atoms with Gasteiger partial charge >= 0.3 is 0 Å². The van der Waals surface area contributed by atoms with Crippen molar-refractivity contribution >= 4 is 28.0 Å². The Morgan fingerprint density at radius 1 is 1.27 bits per heavy atom. The van der Waals surface area contributed by atoms with Crippen molar-refractivity contribution in [1.29, 1.82) is 0 Å². The number of halogens is 2. The van der Waals surface area contributed by atoms with E-state index in [4.69, 9.17) is 0 Å².